The number of esters is 2. The van der Waals surface area contributed by atoms with E-state index in [4.69, 9.17) is 9.47 Å². The van der Waals surface area contributed by atoms with Gasteiger partial charge in [-0.1, -0.05) is 62.9 Å². The second kappa shape index (κ2) is 9.87. The van der Waals surface area contributed by atoms with Crippen LogP contribution in [0.5, 0.6) is 0 Å². The zero-order chi connectivity index (χ0) is 18.1. The molecule has 25 heavy (non-hydrogen) atoms. The molecule has 1 aromatic rings. The van der Waals surface area contributed by atoms with E-state index < -0.39 is 12.0 Å². The van der Waals surface area contributed by atoms with Crippen LogP contribution in [0, 0.1) is 0 Å². The Balaban J connectivity index is 2.01. The first-order valence-electron chi connectivity index (χ1n) is 8.97. The Labute approximate surface area is 149 Å². The molecule has 5 nitrogen and oxygen atoms in total. The van der Waals surface area contributed by atoms with Gasteiger partial charge in [0.1, 0.15) is 6.10 Å². The molecule has 0 amide bonds. The number of rotatable bonds is 10. The number of unbranched alkanes of at least 4 members (excludes halogenated alkanes) is 4. The summed E-state index contributed by atoms with van der Waals surface area (Å²) in [6.45, 7) is 2.18. The van der Waals surface area contributed by atoms with E-state index in [-0.39, 0.29) is 12.1 Å². The molecule has 0 spiro atoms. The van der Waals surface area contributed by atoms with Crippen molar-refractivity contribution in [3.05, 3.63) is 47.7 Å². The fraction of sp³-hybridized carbons (Fsp3) is 0.500. The fourth-order valence-electron chi connectivity index (χ4n) is 2.95. The summed E-state index contributed by atoms with van der Waals surface area (Å²) in [7, 11) is 1.36. The van der Waals surface area contributed by atoms with Crippen LogP contribution in [-0.2, 0) is 19.1 Å². The SMILES string of the molecule is CCCCCCCC1OC(=O)C=C1N[C@H](C(=O)OC)c1ccccc1. The van der Waals surface area contributed by atoms with Crippen molar-refractivity contribution in [2.75, 3.05) is 7.11 Å². The van der Waals surface area contributed by atoms with Crippen LogP contribution >= 0.6 is 0 Å². The number of cyclic esters (lactones) is 1. The van der Waals surface area contributed by atoms with Crippen LogP contribution in [0.25, 0.3) is 0 Å². The van der Waals surface area contributed by atoms with Gasteiger partial charge in [-0.3, -0.25) is 0 Å². The van der Waals surface area contributed by atoms with Crippen molar-refractivity contribution >= 4 is 11.9 Å². The van der Waals surface area contributed by atoms with Gasteiger partial charge in [-0.2, -0.15) is 0 Å². The van der Waals surface area contributed by atoms with Crippen molar-refractivity contribution in [1.29, 1.82) is 0 Å². The lowest BCUT2D eigenvalue weighted by Crippen LogP contribution is -2.32. The van der Waals surface area contributed by atoms with Crippen molar-refractivity contribution < 1.29 is 19.1 Å². The lowest BCUT2D eigenvalue weighted by molar-refractivity contribution is -0.143. The van der Waals surface area contributed by atoms with Crippen LogP contribution in [0.1, 0.15) is 57.1 Å². The number of methoxy groups -OCH3 is 1. The average molecular weight is 345 g/mol. The van der Waals surface area contributed by atoms with E-state index in [1.165, 1.54) is 32.4 Å². The number of nitrogens with one attached hydrogen (secondary N) is 1. The Hall–Kier alpha value is -2.30. The van der Waals surface area contributed by atoms with E-state index in [0.717, 1.165) is 24.8 Å². The summed E-state index contributed by atoms with van der Waals surface area (Å²) in [6.07, 6.45) is 7.61. The van der Waals surface area contributed by atoms with Crippen LogP contribution in [0.3, 0.4) is 0 Å². The molecule has 0 saturated heterocycles. The maximum Gasteiger partial charge on any atom is 0.333 e. The Morgan fingerprint density at radius 2 is 1.92 bits per heavy atom. The molecule has 0 radical (unpaired) electrons. The molecule has 2 rings (SSSR count). The predicted octanol–water partition coefficient (Wildman–Crippen LogP) is 3.66. The summed E-state index contributed by atoms with van der Waals surface area (Å²) in [4.78, 5) is 23.9. The van der Waals surface area contributed by atoms with Crippen LogP contribution in [0.4, 0.5) is 0 Å². The standard InChI is InChI=1S/C20H27NO4/c1-3-4-5-6-10-13-17-16(14-18(22)25-17)21-19(20(23)24-2)15-11-8-7-9-12-15/h7-9,11-12,14,17,19,21H,3-6,10,13H2,1-2H3/t17?,19-/m0/s1. The molecule has 0 aliphatic carbocycles. The lowest BCUT2D eigenvalue weighted by Gasteiger charge is -2.22. The van der Waals surface area contributed by atoms with Crippen LogP contribution in [0.15, 0.2) is 42.1 Å². The van der Waals surface area contributed by atoms with Crippen LogP contribution < -0.4 is 5.32 Å². The third-order valence-corrected chi connectivity index (χ3v) is 4.33. The van der Waals surface area contributed by atoms with Gasteiger partial charge in [-0.25, -0.2) is 9.59 Å². The molecule has 1 aromatic carbocycles. The summed E-state index contributed by atoms with van der Waals surface area (Å²) < 4.78 is 10.3. The molecule has 1 aliphatic heterocycles. The first-order chi connectivity index (χ1) is 12.2. The van der Waals surface area contributed by atoms with Gasteiger partial charge in [-0.05, 0) is 18.4 Å². The molecule has 1 heterocycles. The number of benzene rings is 1. The molecule has 0 saturated carbocycles. The van der Waals surface area contributed by atoms with Crippen molar-refractivity contribution in [2.24, 2.45) is 0 Å². The highest BCUT2D eigenvalue weighted by Gasteiger charge is 2.30. The minimum atomic E-state index is -0.658. The summed E-state index contributed by atoms with van der Waals surface area (Å²) in [5, 5.41) is 3.16. The first-order valence-corrected chi connectivity index (χ1v) is 8.97. The quantitative estimate of drug-likeness (QED) is 0.518. The van der Waals surface area contributed by atoms with Gasteiger partial charge in [-0.15, -0.1) is 0 Å². The minimum Gasteiger partial charge on any atom is -0.467 e. The topological polar surface area (TPSA) is 64.6 Å². The maximum atomic E-state index is 12.2. The van der Waals surface area contributed by atoms with E-state index in [9.17, 15) is 9.59 Å². The normalized spacial score (nSPS) is 17.6. The molecule has 1 aliphatic rings. The zero-order valence-corrected chi connectivity index (χ0v) is 15.0. The molecular weight excluding hydrogens is 318 g/mol. The smallest absolute Gasteiger partial charge is 0.333 e. The molecule has 0 bridgehead atoms. The number of carbonyl (C=O) groups is 2. The number of hydrogen-bond donors (Lipinski definition) is 1. The minimum absolute atomic E-state index is 0.315. The van der Waals surface area contributed by atoms with Crippen molar-refractivity contribution in [3.63, 3.8) is 0 Å². The number of carbonyl (C=O) groups excluding carboxylic acids is 2. The van der Waals surface area contributed by atoms with E-state index >= 15 is 0 Å². The molecule has 5 heteroatoms. The van der Waals surface area contributed by atoms with E-state index in [2.05, 4.69) is 12.2 Å². The summed E-state index contributed by atoms with van der Waals surface area (Å²) >= 11 is 0. The highest BCUT2D eigenvalue weighted by atomic mass is 16.5. The monoisotopic (exact) mass is 345 g/mol. The van der Waals surface area contributed by atoms with Gasteiger partial charge < -0.3 is 14.8 Å². The van der Waals surface area contributed by atoms with E-state index in [0.29, 0.717) is 5.70 Å². The van der Waals surface area contributed by atoms with Crippen molar-refractivity contribution in [1.82, 2.24) is 5.32 Å². The Kier molecular flexibility index (Phi) is 7.51. The van der Waals surface area contributed by atoms with Gasteiger partial charge in [0.15, 0.2) is 6.04 Å². The second-order valence-corrected chi connectivity index (χ2v) is 6.24. The van der Waals surface area contributed by atoms with Gasteiger partial charge in [0, 0.05) is 6.08 Å². The third kappa shape index (κ3) is 5.62. The first kappa shape index (κ1) is 19.0. The summed E-state index contributed by atoms with van der Waals surface area (Å²) in [6, 6.07) is 8.66. The number of hydrogen-bond acceptors (Lipinski definition) is 5. The Morgan fingerprint density at radius 1 is 1.20 bits per heavy atom. The van der Waals surface area contributed by atoms with Crippen LogP contribution in [0.2, 0.25) is 0 Å². The molecule has 136 valence electrons. The second-order valence-electron chi connectivity index (χ2n) is 6.24. The zero-order valence-electron chi connectivity index (χ0n) is 15.0. The largest absolute Gasteiger partial charge is 0.467 e. The highest BCUT2D eigenvalue weighted by molar-refractivity contribution is 5.86. The lowest BCUT2D eigenvalue weighted by atomic mass is 10.0. The Bertz CT molecular complexity index is 597. The van der Waals surface area contributed by atoms with Crippen LogP contribution in [-0.4, -0.2) is 25.2 Å². The summed E-state index contributed by atoms with van der Waals surface area (Å²) in [5.41, 5.74) is 1.44. The van der Waals surface area contributed by atoms with E-state index in [1.807, 2.05) is 30.3 Å². The molecule has 1 N–H and O–H groups in total. The average Bonchev–Trinajstić information content (AvgIpc) is 2.99. The van der Waals surface area contributed by atoms with Crippen molar-refractivity contribution in [2.45, 2.75) is 57.6 Å². The van der Waals surface area contributed by atoms with Gasteiger partial charge in [0.2, 0.25) is 0 Å². The predicted molar refractivity (Wildman–Crippen MR) is 95.7 cm³/mol. The van der Waals surface area contributed by atoms with E-state index in [1.54, 1.807) is 0 Å². The third-order valence-electron chi connectivity index (χ3n) is 4.33. The fourth-order valence-corrected chi connectivity index (χ4v) is 2.95. The molecule has 0 aromatic heterocycles. The molecular formula is C20H27NO4. The Morgan fingerprint density at radius 3 is 2.60 bits per heavy atom. The summed E-state index contributed by atoms with van der Waals surface area (Å²) in [5.74, 6) is -0.758. The molecule has 1 unspecified atom stereocenters. The van der Waals surface area contributed by atoms with Gasteiger partial charge >= 0.3 is 11.9 Å². The van der Waals surface area contributed by atoms with Crippen molar-refractivity contribution in [3.8, 4) is 0 Å². The highest BCUT2D eigenvalue weighted by Crippen LogP contribution is 2.24. The van der Waals surface area contributed by atoms with Gasteiger partial charge in [0.25, 0.3) is 0 Å². The molecule has 0 fully saturated rings. The van der Waals surface area contributed by atoms with Gasteiger partial charge in [0.05, 0.1) is 12.8 Å². The maximum absolute atomic E-state index is 12.2. The number of ether oxygens (including phenoxy) is 2. The molecule has 2 atom stereocenters.